The molecule has 3 aromatic carbocycles. The molecule has 10 heteroatoms. The second-order valence-electron chi connectivity index (χ2n) is 10.4. The average Bonchev–Trinajstić information content (AvgIpc) is 3.61. The van der Waals surface area contributed by atoms with Crippen LogP contribution >= 0.6 is 11.3 Å². The number of nitrogens with one attached hydrogen (secondary N) is 1. The van der Waals surface area contributed by atoms with Crippen LogP contribution in [-0.4, -0.2) is 70.0 Å². The number of amides is 1. The number of aryl methyl sites for hydroxylation is 2. The van der Waals surface area contributed by atoms with Crippen molar-refractivity contribution in [3.05, 3.63) is 82.9 Å². The molecule has 1 aromatic heterocycles. The summed E-state index contributed by atoms with van der Waals surface area (Å²) in [7, 11) is -3.68. The minimum Gasteiger partial charge on any atom is -0.351 e. The van der Waals surface area contributed by atoms with Crippen molar-refractivity contribution in [2.75, 3.05) is 55.0 Å². The van der Waals surface area contributed by atoms with Gasteiger partial charge in [-0.1, -0.05) is 35.6 Å². The summed E-state index contributed by atoms with van der Waals surface area (Å²) in [5.74, 6) is -0.200. The maximum Gasteiger partial charge on any atom is 0.264 e. The highest BCUT2D eigenvalue weighted by Crippen LogP contribution is 2.33. The minimum absolute atomic E-state index is 0.192. The normalized spacial score (nSPS) is 15.9. The molecule has 6 rings (SSSR count). The molecule has 1 N–H and O–H groups in total. The molecule has 0 bridgehead atoms. The van der Waals surface area contributed by atoms with Crippen LogP contribution in [0.3, 0.4) is 0 Å². The first kappa shape index (κ1) is 26.7. The van der Waals surface area contributed by atoms with E-state index in [2.05, 4.69) is 41.1 Å². The fourth-order valence-corrected chi connectivity index (χ4v) is 7.99. The van der Waals surface area contributed by atoms with E-state index in [1.807, 2.05) is 24.3 Å². The summed E-state index contributed by atoms with van der Waals surface area (Å²) in [4.78, 5) is 22.6. The van der Waals surface area contributed by atoms with Crippen LogP contribution < -0.4 is 14.5 Å². The van der Waals surface area contributed by atoms with E-state index in [9.17, 15) is 13.2 Å². The van der Waals surface area contributed by atoms with Gasteiger partial charge < -0.3 is 10.2 Å². The van der Waals surface area contributed by atoms with Gasteiger partial charge in [-0.15, -0.1) is 0 Å². The Morgan fingerprint density at radius 3 is 2.48 bits per heavy atom. The zero-order valence-electron chi connectivity index (χ0n) is 22.8. The van der Waals surface area contributed by atoms with E-state index in [0.29, 0.717) is 25.1 Å². The van der Waals surface area contributed by atoms with Gasteiger partial charge in [-0.25, -0.2) is 13.4 Å². The van der Waals surface area contributed by atoms with E-state index in [4.69, 9.17) is 4.98 Å². The highest BCUT2D eigenvalue weighted by Gasteiger charge is 2.30. The van der Waals surface area contributed by atoms with E-state index in [-0.39, 0.29) is 10.8 Å². The molecule has 8 nitrogen and oxygen atoms in total. The molecule has 1 saturated heterocycles. The van der Waals surface area contributed by atoms with Crippen LogP contribution in [0.2, 0.25) is 0 Å². The first-order valence-electron chi connectivity index (χ1n) is 13.6. The molecule has 40 heavy (non-hydrogen) atoms. The lowest BCUT2D eigenvalue weighted by Crippen LogP contribution is -2.48. The van der Waals surface area contributed by atoms with Crippen LogP contribution in [0.1, 0.15) is 27.0 Å². The Balaban J connectivity index is 0.995. The van der Waals surface area contributed by atoms with Crippen LogP contribution in [0.25, 0.3) is 10.2 Å². The second-order valence-corrected chi connectivity index (χ2v) is 13.3. The van der Waals surface area contributed by atoms with E-state index in [1.54, 1.807) is 23.5 Å². The molecule has 0 radical (unpaired) electrons. The molecule has 0 saturated carbocycles. The number of hydrogen-bond acceptors (Lipinski definition) is 7. The van der Waals surface area contributed by atoms with Crippen molar-refractivity contribution in [3.8, 4) is 0 Å². The van der Waals surface area contributed by atoms with Gasteiger partial charge in [-0.05, 0) is 73.4 Å². The topological polar surface area (TPSA) is 85.8 Å². The van der Waals surface area contributed by atoms with Crippen molar-refractivity contribution >= 4 is 48.3 Å². The predicted octanol–water partition coefficient (Wildman–Crippen LogP) is 4.22. The zero-order chi connectivity index (χ0) is 27.9. The summed E-state index contributed by atoms with van der Waals surface area (Å²) in [6.07, 6.45) is 0.701. The van der Waals surface area contributed by atoms with Crippen LogP contribution in [0, 0.1) is 13.8 Å². The number of nitrogens with zero attached hydrogens (tertiary/aromatic N) is 4. The molecular weight excluding hydrogens is 542 g/mol. The SMILES string of the molecule is Cc1ccc2sc(N3CCN(CCNC(=O)c4ccc(S(=O)(=O)N5CCc6ccccc65)cc4)CC3)nc2c1C. The molecule has 0 spiro atoms. The Hall–Kier alpha value is -3.47. The molecule has 0 aliphatic carbocycles. The van der Waals surface area contributed by atoms with Gasteiger partial charge in [0.1, 0.15) is 0 Å². The quantitative estimate of drug-likeness (QED) is 0.355. The summed E-state index contributed by atoms with van der Waals surface area (Å²) in [5, 5.41) is 4.06. The van der Waals surface area contributed by atoms with Gasteiger partial charge in [-0.2, -0.15) is 0 Å². The third-order valence-corrected chi connectivity index (χ3v) is 10.9. The Labute approximate surface area is 239 Å². The van der Waals surface area contributed by atoms with Gasteiger partial charge in [0.05, 0.1) is 20.8 Å². The van der Waals surface area contributed by atoms with Gasteiger partial charge in [0.15, 0.2) is 5.13 Å². The molecular formula is C30H33N5O3S2. The first-order valence-corrected chi connectivity index (χ1v) is 15.9. The van der Waals surface area contributed by atoms with Gasteiger partial charge in [0, 0.05) is 51.4 Å². The fourth-order valence-electron chi connectivity index (χ4n) is 5.41. The van der Waals surface area contributed by atoms with Crippen molar-refractivity contribution in [2.24, 2.45) is 0 Å². The van der Waals surface area contributed by atoms with Crippen molar-refractivity contribution < 1.29 is 13.2 Å². The number of carbonyl (C=O) groups is 1. The van der Waals surface area contributed by atoms with E-state index in [0.717, 1.165) is 54.6 Å². The summed E-state index contributed by atoms with van der Waals surface area (Å²) < 4.78 is 29.1. The van der Waals surface area contributed by atoms with Crippen molar-refractivity contribution in [1.29, 1.82) is 0 Å². The lowest BCUT2D eigenvalue weighted by atomic mass is 10.1. The number of para-hydroxylation sites is 1. The molecule has 2 aliphatic heterocycles. The Morgan fingerprint density at radius 1 is 0.950 bits per heavy atom. The molecule has 4 aromatic rings. The Bertz CT molecular complexity index is 1660. The summed E-state index contributed by atoms with van der Waals surface area (Å²) in [6, 6.07) is 18.1. The van der Waals surface area contributed by atoms with Crippen molar-refractivity contribution in [1.82, 2.24) is 15.2 Å². The zero-order valence-corrected chi connectivity index (χ0v) is 24.4. The van der Waals surface area contributed by atoms with Gasteiger partial charge in [-0.3, -0.25) is 14.0 Å². The standard InChI is InChI=1S/C30H33N5O3S2/c1-21-7-12-27-28(22(21)2)32-30(39-27)34-19-17-33(18-20-34)16-14-31-29(36)24-8-10-25(11-9-24)40(37,38)35-15-13-23-5-3-4-6-26(23)35/h3-12H,13-20H2,1-2H3,(H,31,36). The predicted molar refractivity (Wildman–Crippen MR) is 161 cm³/mol. The molecule has 2 aliphatic rings. The van der Waals surface area contributed by atoms with Crippen LogP contribution in [-0.2, 0) is 16.4 Å². The number of anilines is 2. The minimum atomic E-state index is -3.68. The van der Waals surface area contributed by atoms with Crippen LogP contribution in [0.4, 0.5) is 10.8 Å². The third kappa shape index (κ3) is 5.07. The van der Waals surface area contributed by atoms with Crippen molar-refractivity contribution in [2.45, 2.75) is 25.2 Å². The van der Waals surface area contributed by atoms with E-state index >= 15 is 0 Å². The molecule has 0 atom stereocenters. The van der Waals surface area contributed by atoms with E-state index in [1.165, 1.54) is 32.3 Å². The molecule has 1 amide bonds. The number of fused-ring (bicyclic) bond motifs is 2. The first-order chi connectivity index (χ1) is 19.3. The summed E-state index contributed by atoms with van der Waals surface area (Å²) in [5.41, 5.74) is 5.85. The number of aromatic nitrogens is 1. The average molecular weight is 576 g/mol. The van der Waals surface area contributed by atoms with Gasteiger partial charge >= 0.3 is 0 Å². The Morgan fingerprint density at radius 2 is 1.70 bits per heavy atom. The number of hydrogen-bond donors (Lipinski definition) is 1. The van der Waals surface area contributed by atoms with Crippen LogP contribution in [0.5, 0.6) is 0 Å². The molecule has 1 fully saturated rings. The lowest BCUT2D eigenvalue weighted by molar-refractivity contribution is 0.0947. The maximum absolute atomic E-state index is 13.2. The van der Waals surface area contributed by atoms with Gasteiger partial charge in [0.2, 0.25) is 0 Å². The summed E-state index contributed by atoms with van der Waals surface area (Å²) >= 11 is 1.75. The highest BCUT2D eigenvalue weighted by molar-refractivity contribution is 7.92. The number of benzene rings is 3. The Kier molecular flexibility index (Phi) is 7.24. The van der Waals surface area contributed by atoms with E-state index < -0.39 is 10.0 Å². The summed E-state index contributed by atoms with van der Waals surface area (Å²) in [6.45, 7) is 9.62. The number of rotatable bonds is 7. The third-order valence-electron chi connectivity index (χ3n) is 7.98. The van der Waals surface area contributed by atoms with Crippen molar-refractivity contribution in [3.63, 3.8) is 0 Å². The largest absolute Gasteiger partial charge is 0.351 e. The maximum atomic E-state index is 13.2. The second kappa shape index (κ2) is 10.8. The molecule has 3 heterocycles. The molecule has 0 unspecified atom stereocenters. The van der Waals surface area contributed by atoms with Crippen LogP contribution in [0.15, 0.2) is 65.6 Å². The number of piperazine rings is 1. The number of thiazole rings is 1. The lowest BCUT2D eigenvalue weighted by Gasteiger charge is -2.34. The fraction of sp³-hybridized carbons (Fsp3) is 0.333. The number of carbonyl (C=O) groups excluding carboxylic acids is 1. The monoisotopic (exact) mass is 575 g/mol. The number of sulfonamides is 1. The highest BCUT2D eigenvalue weighted by atomic mass is 32.2. The van der Waals surface area contributed by atoms with Gasteiger partial charge in [0.25, 0.3) is 15.9 Å². The smallest absolute Gasteiger partial charge is 0.264 e. The molecule has 208 valence electrons.